The Balaban J connectivity index is 2.42. The van der Waals surface area contributed by atoms with Gasteiger partial charge < -0.3 is 5.32 Å². The van der Waals surface area contributed by atoms with Crippen LogP contribution in [0.2, 0.25) is 5.02 Å². The van der Waals surface area contributed by atoms with E-state index in [-0.39, 0.29) is 0 Å². The topological polar surface area (TPSA) is 12.0 Å². The van der Waals surface area contributed by atoms with Gasteiger partial charge >= 0.3 is 0 Å². The van der Waals surface area contributed by atoms with E-state index in [2.05, 4.69) is 25.2 Å². The molecule has 0 saturated carbocycles. The lowest BCUT2D eigenvalue weighted by Gasteiger charge is -2.19. The molecule has 0 spiro atoms. The summed E-state index contributed by atoms with van der Waals surface area (Å²) in [5, 5.41) is 4.22. The van der Waals surface area contributed by atoms with Crippen molar-refractivity contribution in [1.82, 2.24) is 5.32 Å². The Morgan fingerprint density at radius 3 is 2.76 bits per heavy atom. The Hall–Kier alpha value is -0.180. The van der Waals surface area contributed by atoms with Gasteiger partial charge in [-0.15, -0.1) is 11.8 Å². The molecule has 0 fully saturated rings. The van der Waals surface area contributed by atoms with E-state index in [1.165, 1.54) is 17.7 Å². The van der Waals surface area contributed by atoms with Crippen LogP contribution in [0.1, 0.15) is 26.7 Å². The van der Waals surface area contributed by atoms with Crippen LogP contribution in [0.3, 0.4) is 0 Å². The fourth-order valence-corrected chi connectivity index (χ4v) is 3.01. The van der Waals surface area contributed by atoms with E-state index in [9.17, 15) is 0 Å². The highest BCUT2D eigenvalue weighted by atomic mass is 35.5. The van der Waals surface area contributed by atoms with E-state index in [1.807, 2.05) is 37.0 Å². The van der Waals surface area contributed by atoms with E-state index < -0.39 is 0 Å². The summed E-state index contributed by atoms with van der Waals surface area (Å²) in [5.74, 6) is 1.88. The minimum absolute atomic E-state index is 0.578. The first-order valence-corrected chi connectivity index (χ1v) is 7.57. The lowest BCUT2D eigenvalue weighted by Crippen LogP contribution is -2.29. The smallest absolute Gasteiger partial charge is 0.0417 e. The van der Waals surface area contributed by atoms with Crippen LogP contribution in [-0.2, 0) is 0 Å². The van der Waals surface area contributed by atoms with Crippen LogP contribution in [0.4, 0.5) is 0 Å². The summed E-state index contributed by atoms with van der Waals surface area (Å²) in [5.41, 5.74) is 0. The highest BCUT2D eigenvalue weighted by Crippen LogP contribution is 2.23. The molecule has 0 aliphatic carbocycles. The zero-order chi connectivity index (χ0) is 12.7. The second kappa shape index (κ2) is 8.02. The van der Waals surface area contributed by atoms with E-state index in [0.717, 1.165) is 16.7 Å². The van der Waals surface area contributed by atoms with Crippen molar-refractivity contribution in [2.45, 2.75) is 37.6 Å². The predicted octanol–water partition coefficient (Wildman–Crippen LogP) is 4.46. The van der Waals surface area contributed by atoms with Gasteiger partial charge in [0.2, 0.25) is 0 Å². The van der Waals surface area contributed by atoms with Crippen molar-refractivity contribution in [2.24, 2.45) is 5.92 Å². The van der Waals surface area contributed by atoms with Crippen LogP contribution in [0.15, 0.2) is 29.2 Å². The molecule has 1 nitrogen and oxygen atoms in total. The summed E-state index contributed by atoms with van der Waals surface area (Å²) < 4.78 is 0. The Bertz CT molecular complexity index is 330. The molecule has 1 aromatic carbocycles. The molecule has 2 atom stereocenters. The summed E-state index contributed by atoms with van der Waals surface area (Å²) in [6, 6.07) is 8.65. The van der Waals surface area contributed by atoms with Gasteiger partial charge in [-0.05, 0) is 37.6 Å². The molecule has 0 aliphatic rings. The second-order valence-corrected chi connectivity index (χ2v) is 6.03. The Morgan fingerprint density at radius 1 is 1.41 bits per heavy atom. The fourth-order valence-electron chi connectivity index (χ4n) is 1.68. The maximum Gasteiger partial charge on any atom is 0.0417 e. The minimum Gasteiger partial charge on any atom is -0.316 e. The van der Waals surface area contributed by atoms with Crippen molar-refractivity contribution in [3.05, 3.63) is 29.3 Å². The van der Waals surface area contributed by atoms with Crippen LogP contribution in [0, 0.1) is 5.92 Å². The van der Waals surface area contributed by atoms with E-state index in [4.69, 9.17) is 11.6 Å². The fraction of sp³-hybridized carbons (Fsp3) is 0.571. The molecule has 0 aliphatic heterocycles. The predicted molar refractivity (Wildman–Crippen MR) is 79.1 cm³/mol. The monoisotopic (exact) mass is 271 g/mol. The second-order valence-electron chi connectivity index (χ2n) is 4.50. The number of nitrogens with one attached hydrogen (secondary N) is 1. The highest BCUT2D eigenvalue weighted by molar-refractivity contribution is 7.99. The lowest BCUT2D eigenvalue weighted by molar-refractivity contribution is 0.436. The molecule has 1 rings (SSSR count). The van der Waals surface area contributed by atoms with Crippen LogP contribution >= 0.6 is 23.4 Å². The molecule has 96 valence electrons. The molecule has 0 heterocycles. The molecule has 0 bridgehead atoms. The molecule has 3 heteroatoms. The zero-order valence-electron chi connectivity index (χ0n) is 10.9. The van der Waals surface area contributed by atoms with Crippen LogP contribution < -0.4 is 5.32 Å². The van der Waals surface area contributed by atoms with E-state index in [0.29, 0.717) is 6.04 Å². The molecule has 0 radical (unpaired) electrons. The van der Waals surface area contributed by atoms with Gasteiger partial charge in [-0.3, -0.25) is 0 Å². The van der Waals surface area contributed by atoms with Gasteiger partial charge in [-0.1, -0.05) is 37.9 Å². The minimum atomic E-state index is 0.578. The number of thioether (sulfide) groups is 1. The van der Waals surface area contributed by atoms with Gasteiger partial charge in [0.25, 0.3) is 0 Å². The van der Waals surface area contributed by atoms with Gasteiger partial charge in [0.1, 0.15) is 0 Å². The highest BCUT2D eigenvalue weighted by Gasteiger charge is 2.10. The first-order chi connectivity index (χ1) is 8.15. The SMILES string of the molecule is CCC(C)CC(CSc1cccc(Cl)c1)NC. The summed E-state index contributed by atoms with van der Waals surface area (Å²) in [6.07, 6.45) is 2.49. The third kappa shape index (κ3) is 5.80. The summed E-state index contributed by atoms with van der Waals surface area (Å²) in [6.45, 7) is 4.57. The Labute approximate surface area is 114 Å². The normalized spacial score (nSPS) is 14.6. The number of halogens is 1. The average Bonchev–Trinajstić information content (AvgIpc) is 2.34. The third-order valence-corrected chi connectivity index (χ3v) is 4.43. The molecule has 1 aromatic rings. The maximum atomic E-state index is 5.97. The number of hydrogen-bond donors (Lipinski definition) is 1. The molecule has 17 heavy (non-hydrogen) atoms. The van der Waals surface area contributed by atoms with Crippen LogP contribution in [0.5, 0.6) is 0 Å². The zero-order valence-corrected chi connectivity index (χ0v) is 12.4. The third-order valence-electron chi connectivity index (χ3n) is 3.04. The van der Waals surface area contributed by atoms with E-state index >= 15 is 0 Å². The summed E-state index contributed by atoms with van der Waals surface area (Å²) in [4.78, 5) is 1.25. The molecule has 1 N–H and O–H groups in total. The van der Waals surface area contributed by atoms with Crippen molar-refractivity contribution >= 4 is 23.4 Å². The maximum absolute atomic E-state index is 5.97. The molecular weight excluding hydrogens is 250 g/mol. The van der Waals surface area contributed by atoms with Crippen molar-refractivity contribution in [1.29, 1.82) is 0 Å². The van der Waals surface area contributed by atoms with Crippen molar-refractivity contribution in [3.8, 4) is 0 Å². The van der Waals surface area contributed by atoms with Gasteiger partial charge in [-0.25, -0.2) is 0 Å². The summed E-state index contributed by atoms with van der Waals surface area (Å²) >= 11 is 7.84. The molecule has 0 aromatic heterocycles. The van der Waals surface area contributed by atoms with Gasteiger partial charge in [0.05, 0.1) is 0 Å². The quantitative estimate of drug-likeness (QED) is 0.735. The largest absolute Gasteiger partial charge is 0.316 e. The number of rotatable bonds is 7. The van der Waals surface area contributed by atoms with Crippen LogP contribution in [0.25, 0.3) is 0 Å². The van der Waals surface area contributed by atoms with Crippen molar-refractivity contribution in [2.75, 3.05) is 12.8 Å². The first-order valence-electron chi connectivity index (χ1n) is 6.21. The van der Waals surface area contributed by atoms with E-state index in [1.54, 1.807) is 0 Å². The Kier molecular flexibility index (Phi) is 7.02. The summed E-state index contributed by atoms with van der Waals surface area (Å²) in [7, 11) is 2.05. The first kappa shape index (κ1) is 14.9. The average molecular weight is 272 g/mol. The molecule has 2 unspecified atom stereocenters. The standard InChI is InChI=1S/C14H22ClNS/c1-4-11(2)8-13(16-3)10-17-14-7-5-6-12(15)9-14/h5-7,9,11,13,16H,4,8,10H2,1-3H3. The van der Waals surface area contributed by atoms with Crippen LogP contribution in [-0.4, -0.2) is 18.8 Å². The van der Waals surface area contributed by atoms with Gasteiger partial charge in [0.15, 0.2) is 0 Å². The number of hydrogen-bond acceptors (Lipinski definition) is 2. The Morgan fingerprint density at radius 2 is 2.18 bits per heavy atom. The lowest BCUT2D eigenvalue weighted by atomic mass is 10.0. The van der Waals surface area contributed by atoms with Crippen molar-refractivity contribution < 1.29 is 0 Å². The molecule has 0 amide bonds. The molecule has 0 saturated heterocycles. The van der Waals surface area contributed by atoms with Crippen molar-refractivity contribution in [3.63, 3.8) is 0 Å². The molecular formula is C14H22ClNS. The number of benzene rings is 1. The van der Waals surface area contributed by atoms with Gasteiger partial charge in [-0.2, -0.15) is 0 Å². The van der Waals surface area contributed by atoms with Gasteiger partial charge in [0, 0.05) is 21.7 Å².